The number of benzene rings is 2. The zero-order chi connectivity index (χ0) is 14.0. The van der Waals surface area contributed by atoms with Gasteiger partial charge in [-0.05, 0) is 48.9 Å². The highest BCUT2D eigenvalue weighted by molar-refractivity contribution is 6.11. The van der Waals surface area contributed by atoms with Crippen LogP contribution in [0.15, 0.2) is 36.4 Å². The standard InChI is InChI=1S/C15H14FNO2/c1-9-5-10(7-12(17)6-9)15(18)13-8-11(16)3-4-14(13)19-2/h3-8H,17H2,1-2H3. The summed E-state index contributed by atoms with van der Waals surface area (Å²) in [5, 5.41) is 0. The van der Waals surface area contributed by atoms with Gasteiger partial charge in [-0.1, -0.05) is 0 Å². The van der Waals surface area contributed by atoms with Crippen LogP contribution in [-0.4, -0.2) is 12.9 Å². The number of nitrogens with two attached hydrogens (primary N) is 1. The smallest absolute Gasteiger partial charge is 0.196 e. The van der Waals surface area contributed by atoms with E-state index in [0.29, 0.717) is 17.0 Å². The van der Waals surface area contributed by atoms with E-state index in [1.807, 2.05) is 6.92 Å². The third kappa shape index (κ3) is 2.73. The molecule has 98 valence electrons. The van der Waals surface area contributed by atoms with Gasteiger partial charge >= 0.3 is 0 Å². The molecule has 2 rings (SSSR count). The van der Waals surface area contributed by atoms with Crippen molar-refractivity contribution in [3.8, 4) is 5.75 Å². The maximum absolute atomic E-state index is 13.3. The van der Waals surface area contributed by atoms with Crippen molar-refractivity contribution < 1.29 is 13.9 Å². The van der Waals surface area contributed by atoms with Crippen LogP contribution in [0.5, 0.6) is 5.75 Å². The van der Waals surface area contributed by atoms with Crippen LogP contribution in [0.1, 0.15) is 21.5 Å². The van der Waals surface area contributed by atoms with E-state index < -0.39 is 5.82 Å². The van der Waals surface area contributed by atoms with Gasteiger partial charge in [-0.25, -0.2) is 4.39 Å². The van der Waals surface area contributed by atoms with Gasteiger partial charge in [-0.3, -0.25) is 4.79 Å². The maximum Gasteiger partial charge on any atom is 0.196 e. The summed E-state index contributed by atoms with van der Waals surface area (Å²) in [5.74, 6) is -0.456. The number of hydrogen-bond acceptors (Lipinski definition) is 3. The van der Waals surface area contributed by atoms with E-state index in [4.69, 9.17) is 10.5 Å². The van der Waals surface area contributed by atoms with Crippen LogP contribution in [-0.2, 0) is 0 Å². The summed E-state index contributed by atoms with van der Waals surface area (Å²) in [4.78, 5) is 12.4. The molecule has 0 amide bonds. The molecule has 0 fully saturated rings. The van der Waals surface area contributed by atoms with Crippen LogP contribution < -0.4 is 10.5 Å². The molecule has 0 saturated carbocycles. The average molecular weight is 259 g/mol. The molecular weight excluding hydrogens is 245 g/mol. The second-order valence-corrected chi connectivity index (χ2v) is 4.31. The zero-order valence-electron chi connectivity index (χ0n) is 10.7. The molecule has 0 radical (unpaired) electrons. The van der Waals surface area contributed by atoms with Crippen molar-refractivity contribution >= 4 is 11.5 Å². The Hall–Kier alpha value is -2.36. The Kier molecular flexibility index (Phi) is 3.51. The number of halogens is 1. The highest BCUT2D eigenvalue weighted by Crippen LogP contribution is 2.24. The molecule has 3 nitrogen and oxygen atoms in total. The molecule has 2 aromatic carbocycles. The van der Waals surface area contributed by atoms with Crippen molar-refractivity contribution in [1.29, 1.82) is 0 Å². The third-order valence-electron chi connectivity index (χ3n) is 2.77. The number of methoxy groups -OCH3 is 1. The van der Waals surface area contributed by atoms with Crippen molar-refractivity contribution in [2.75, 3.05) is 12.8 Å². The Bertz CT molecular complexity index is 618. The number of hydrogen-bond donors (Lipinski definition) is 1. The number of carbonyl (C=O) groups is 1. The van der Waals surface area contributed by atoms with Crippen molar-refractivity contribution in [2.24, 2.45) is 0 Å². The fraction of sp³-hybridized carbons (Fsp3) is 0.133. The first-order valence-corrected chi connectivity index (χ1v) is 5.76. The Labute approximate surface area is 110 Å². The Morgan fingerprint density at radius 3 is 2.58 bits per heavy atom. The van der Waals surface area contributed by atoms with Crippen molar-refractivity contribution in [3.63, 3.8) is 0 Å². The van der Waals surface area contributed by atoms with E-state index >= 15 is 0 Å². The number of carbonyl (C=O) groups excluding carboxylic acids is 1. The topological polar surface area (TPSA) is 52.3 Å². The molecular formula is C15H14FNO2. The average Bonchev–Trinajstić information content (AvgIpc) is 2.36. The second-order valence-electron chi connectivity index (χ2n) is 4.31. The van der Waals surface area contributed by atoms with Crippen molar-refractivity contribution in [1.82, 2.24) is 0 Å². The zero-order valence-corrected chi connectivity index (χ0v) is 10.7. The van der Waals surface area contributed by atoms with Crippen LogP contribution in [0.4, 0.5) is 10.1 Å². The molecule has 0 aliphatic rings. The molecule has 0 aliphatic heterocycles. The van der Waals surface area contributed by atoms with Crippen LogP contribution >= 0.6 is 0 Å². The minimum absolute atomic E-state index is 0.188. The number of aryl methyl sites for hydroxylation is 1. The number of rotatable bonds is 3. The third-order valence-corrected chi connectivity index (χ3v) is 2.77. The summed E-state index contributed by atoms with van der Waals surface area (Å²) < 4.78 is 18.4. The van der Waals surface area contributed by atoms with Crippen LogP contribution in [0.2, 0.25) is 0 Å². The highest BCUT2D eigenvalue weighted by Gasteiger charge is 2.16. The van der Waals surface area contributed by atoms with Gasteiger partial charge in [0.1, 0.15) is 11.6 Å². The molecule has 0 bridgehead atoms. The van der Waals surface area contributed by atoms with Crippen molar-refractivity contribution in [3.05, 3.63) is 58.9 Å². The second kappa shape index (κ2) is 5.10. The summed E-state index contributed by atoms with van der Waals surface area (Å²) >= 11 is 0. The molecule has 0 saturated heterocycles. The number of ether oxygens (including phenoxy) is 1. The van der Waals surface area contributed by atoms with Gasteiger partial charge in [0.15, 0.2) is 5.78 Å². The van der Waals surface area contributed by atoms with Gasteiger partial charge in [-0.2, -0.15) is 0 Å². The van der Waals surface area contributed by atoms with E-state index in [1.165, 1.54) is 25.3 Å². The predicted octanol–water partition coefficient (Wildman–Crippen LogP) is 2.96. The van der Waals surface area contributed by atoms with Crippen LogP contribution in [0.3, 0.4) is 0 Å². The minimum atomic E-state index is -0.482. The van der Waals surface area contributed by atoms with Gasteiger partial charge < -0.3 is 10.5 Å². The normalized spacial score (nSPS) is 10.3. The first kappa shape index (κ1) is 13.1. The Morgan fingerprint density at radius 1 is 1.21 bits per heavy atom. The lowest BCUT2D eigenvalue weighted by atomic mass is 10.00. The molecule has 0 spiro atoms. The van der Waals surface area contributed by atoms with Gasteiger partial charge in [-0.15, -0.1) is 0 Å². The van der Waals surface area contributed by atoms with Crippen molar-refractivity contribution in [2.45, 2.75) is 6.92 Å². The van der Waals surface area contributed by atoms with E-state index in [1.54, 1.807) is 18.2 Å². The predicted molar refractivity (Wildman–Crippen MR) is 72.0 cm³/mol. The summed E-state index contributed by atoms with van der Waals surface area (Å²) in [6.45, 7) is 1.84. The largest absolute Gasteiger partial charge is 0.496 e. The lowest BCUT2D eigenvalue weighted by Gasteiger charge is -2.09. The number of ketones is 1. The maximum atomic E-state index is 13.3. The van der Waals surface area contributed by atoms with Gasteiger partial charge in [0.05, 0.1) is 12.7 Å². The molecule has 0 aromatic heterocycles. The number of nitrogen functional groups attached to an aromatic ring is 1. The van der Waals surface area contributed by atoms with Gasteiger partial charge in [0.2, 0.25) is 0 Å². The fourth-order valence-corrected chi connectivity index (χ4v) is 1.96. The molecule has 19 heavy (non-hydrogen) atoms. The van der Waals surface area contributed by atoms with E-state index in [9.17, 15) is 9.18 Å². The Morgan fingerprint density at radius 2 is 1.95 bits per heavy atom. The minimum Gasteiger partial charge on any atom is -0.496 e. The van der Waals surface area contributed by atoms with Gasteiger partial charge in [0, 0.05) is 11.3 Å². The SMILES string of the molecule is COc1ccc(F)cc1C(=O)c1cc(C)cc(N)c1. The summed E-state index contributed by atoms with van der Waals surface area (Å²) in [6.07, 6.45) is 0. The summed E-state index contributed by atoms with van der Waals surface area (Å²) in [6, 6.07) is 8.89. The van der Waals surface area contributed by atoms with Crippen LogP contribution in [0.25, 0.3) is 0 Å². The monoisotopic (exact) mass is 259 g/mol. The lowest BCUT2D eigenvalue weighted by molar-refractivity contribution is 0.103. The highest BCUT2D eigenvalue weighted by atomic mass is 19.1. The first-order chi connectivity index (χ1) is 9.01. The summed E-state index contributed by atoms with van der Waals surface area (Å²) in [5.41, 5.74) is 7.70. The number of anilines is 1. The molecule has 2 aromatic rings. The molecule has 0 atom stereocenters. The van der Waals surface area contributed by atoms with E-state index in [-0.39, 0.29) is 11.3 Å². The molecule has 4 heteroatoms. The summed E-state index contributed by atoms with van der Waals surface area (Å²) in [7, 11) is 1.44. The Balaban J connectivity index is 2.52. The van der Waals surface area contributed by atoms with E-state index in [2.05, 4.69) is 0 Å². The van der Waals surface area contributed by atoms with Crippen LogP contribution in [0, 0.1) is 12.7 Å². The molecule has 0 aliphatic carbocycles. The molecule has 0 heterocycles. The molecule has 0 unspecified atom stereocenters. The van der Waals surface area contributed by atoms with Gasteiger partial charge in [0.25, 0.3) is 0 Å². The quantitative estimate of drug-likeness (QED) is 0.681. The fourth-order valence-electron chi connectivity index (χ4n) is 1.96. The molecule has 2 N–H and O–H groups in total. The lowest BCUT2D eigenvalue weighted by Crippen LogP contribution is -2.05. The first-order valence-electron chi connectivity index (χ1n) is 5.76. The van der Waals surface area contributed by atoms with E-state index in [0.717, 1.165) is 5.56 Å².